The Morgan fingerprint density at radius 2 is 1.78 bits per heavy atom. The highest BCUT2D eigenvalue weighted by molar-refractivity contribution is 6.30. The molecule has 0 aliphatic carbocycles. The molecular formula is C18H14ClN3O. The maximum Gasteiger partial charge on any atom is 0.261 e. The van der Waals surface area contributed by atoms with Gasteiger partial charge in [-0.2, -0.15) is 5.10 Å². The molecule has 0 bridgehead atoms. The second-order valence-electron chi connectivity index (χ2n) is 5.69. The standard InChI is InChI=1S/C18H14ClN3O/c1-11-3-8-14-16(9-11)22-17(21(2)18(14)23)10-15(20-22)12-4-6-13(19)7-5-12/h3-10H,1-2H3. The van der Waals surface area contributed by atoms with E-state index >= 15 is 0 Å². The summed E-state index contributed by atoms with van der Waals surface area (Å²) >= 11 is 5.95. The van der Waals surface area contributed by atoms with E-state index in [4.69, 9.17) is 16.7 Å². The lowest BCUT2D eigenvalue weighted by Crippen LogP contribution is -2.19. The van der Waals surface area contributed by atoms with E-state index in [1.54, 1.807) is 11.6 Å². The van der Waals surface area contributed by atoms with Crippen LogP contribution in [0.3, 0.4) is 0 Å². The van der Waals surface area contributed by atoms with Crippen molar-refractivity contribution in [3.63, 3.8) is 0 Å². The number of hydrogen-bond donors (Lipinski definition) is 0. The molecule has 0 amide bonds. The molecular weight excluding hydrogens is 310 g/mol. The molecule has 2 aromatic carbocycles. The third-order valence-electron chi connectivity index (χ3n) is 4.09. The van der Waals surface area contributed by atoms with Gasteiger partial charge in [-0.25, -0.2) is 4.52 Å². The molecule has 4 aromatic rings. The van der Waals surface area contributed by atoms with Crippen molar-refractivity contribution in [2.45, 2.75) is 6.92 Å². The maximum atomic E-state index is 12.5. The van der Waals surface area contributed by atoms with Crippen molar-refractivity contribution in [3.05, 3.63) is 69.5 Å². The molecule has 0 aliphatic rings. The molecule has 0 saturated carbocycles. The predicted molar refractivity (Wildman–Crippen MR) is 93.1 cm³/mol. The van der Waals surface area contributed by atoms with Crippen LogP contribution in [0.2, 0.25) is 5.02 Å². The van der Waals surface area contributed by atoms with Gasteiger partial charge in [-0.1, -0.05) is 29.8 Å². The normalized spacial score (nSPS) is 11.4. The molecule has 5 heteroatoms. The fraction of sp³-hybridized carbons (Fsp3) is 0.111. The highest BCUT2D eigenvalue weighted by Gasteiger charge is 2.12. The Balaban J connectivity index is 2.10. The van der Waals surface area contributed by atoms with Gasteiger partial charge in [-0.15, -0.1) is 0 Å². The van der Waals surface area contributed by atoms with Crippen LogP contribution in [0, 0.1) is 6.92 Å². The van der Waals surface area contributed by atoms with Gasteiger partial charge in [0, 0.05) is 23.7 Å². The van der Waals surface area contributed by atoms with E-state index in [2.05, 4.69) is 0 Å². The number of rotatable bonds is 1. The molecule has 0 radical (unpaired) electrons. The predicted octanol–water partition coefficient (Wildman–Crippen LogP) is 3.82. The van der Waals surface area contributed by atoms with Crippen molar-refractivity contribution in [2.75, 3.05) is 0 Å². The van der Waals surface area contributed by atoms with Crippen LogP contribution >= 0.6 is 11.6 Å². The van der Waals surface area contributed by atoms with Crippen molar-refractivity contribution in [1.82, 2.24) is 14.2 Å². The highest BCUT2D eigenvalue weighted by Crippen LogP contribution is 2.23. The fourth-order valence-electron chi connectivity index (χ4n) is 2.83. The zero-order valence-electron chi connectivity index (χ0n) is 12.7. The number of aromatic nitrogens is 3. The van der Waals surface area contributed by atoms with Crippen molar-refractivity contribution < 1.29 is 0 Å². The molecule has 0 atom stereocenters. The Labute approximate surface area is 137 Å². The van der Waals surface area contributed by atoms with E-state index in [1.807, 2.05) is 60.0 Å². The monoisotopic (exact) mass is 323 g/mol. The van der Waals surface area contributed by atoms with E-state index in [-0.39, 0.29) is 5.56 Å². The van der Waals surface area contributed by atoms with Gasteiger partial charge < -0.3 is 0 Å². The summed E-state index contributed by atoms with van der Waals surface area (Å²) < 4.78 is 3.46. The zero-order chi connectivity index (χ0) is 16.1. The number of hydrogen-bond acceptors (Lipinski definition) is 2. The second-order valence-corrected chi connectivity index (χ2v) is 6.13. The SMILES string of the molecule is Cc1ccc2c(=O)n(C)c3cc(-c4ccc(Cl)cc4)nn3c2c1. The molecule has 4 rings (SSSR count). The maximum absolute atomic E-state index is 12.5. The number of halogens is 1. The van der Waals surface area contributed by atoms with Crippen LogP contribution in [0.1, 0.15) is 5.56 Å². The average molecular weight is 324 g/mol. The Kier molecular flexibility index (Phi) is 3.03. The first kappa shape index (κ1) is 14.0. The molecule has 4 nitrogen and oxygen atoms in total. The summed E-state index contributed by atoms with van der Waals surface area (Å²) in [5, 5.41) is 6.05. The van der Waals surface area contributed by atoms with Crippen molar-refractivity contribution in [1.29, 1.82) is 0 Å². The number of benzene rings is 2. The molecule has 0 unspecified atom stereocenters. The van der Waals surface area contributed by atoms with Crippen LogP contribution in [0.5, 0.6) is 0 Å². The summed E-state index contributed by atoms with van der Waals surface area (Å²) in [5.41, 5.74) is 4.43. The molecule has 2 heterocycles. The summed E-state index contributed by atoms with van der Waals surface area (Å²) in [6, 6.07) is 15.2. The van der Waals surface area contributed by atoms with E-state index in [9.17, 15) is 4.79 Å². The van der Waals surface area contributed by atoms with E-state index in [1.165, 1.54) is 0 Å². The van der Waals surface area contributed by atoms with Gasteiger partial charge in [-0.05, 0) is 36.8 Å². The molecule has 0 spiro atoms. The molecule has 0 N–H and O–H groups in total. The van der Waals surface area contributed by atoms with Gasteiger partial charge in [-0.3, -0.25) is 9.36 Å². The first-order valence-electron chi connectivity index (χ1n) is 7.30. The lowest BCUT2D eigenvalue weighted by molar-refractivity contribution is 0.850. The lowest BCUT2D eigenvalue weighted by atomic mass is 10.1. The topological polar surface area (TPSA) is 39.3 Å². The van der Waals surface area contributed by atoms with Crippen LogP contribution in [-0.2, 0) is 7.05 Å². The lowest BCUT2D eigenvalue weighted by Gasteiger charge is -2.06. The van der Waals surface area contributed by atoms with E-state index in [0.717, 1.165) is 28.0 Å². The summed E-state index contributed by atoms with van der Waals surface area (Å²) in [5.74, 6) is 0. The molecule has 0 saturated heterocycles. The minimum absolute atomic E-state index is 0.0185. The number of fused-ring (bicyclic) bond motifs is 3. The Morgan fingerprint density at radius 1 is 1.04 bits per heavy atom. The van der Waals surface area contributed by atoms with Crippen molar-refractivity contribution in [3.8, 4) is 11.3 Å². The first-order valence-corrected chi connectivity index (χ1v) is 7.67. The second kappa shape index (κ2) is 4.96. The van der Waals surface area contributed by atoms with Gasteiger partial charge >= 0.3 is 0 Å². The number of nitrogens with zero attached hydrogens (tertiary/aromatic N) is 3. The van der Waals surface area contributed by atoms with Gasteiger partial charge in [0.2, 0.25) is 0 Å². The highest BCUT2D eigenvalue weighted by atomic mass is 35.5. The summed E-state index contributed by atoms with van der Waals surface area (Å²) in [6.07, 6.45) is 0. The van der Waals surface area contributed by atoms with Crippen molar-refractivity contribution >= 4 is 28.2 Å². The average Bonchev–Trinajstić information content (AvgIpc) is 2.99. The van der Waals surface area contributed by atoms with Crippen molar-refractivity contribution in [2.24, 2.45) is 7.05 Å². The minimum Gasteiger partial charge on any atom is -0.296 e. The van der Waals surface area contributed by atoms with Gasteiger partial charge in [0.1, 0.15) is 5.65 Å². The van der Waals surface area contributed by atoms with Crippen LogP contribution in [-0.4, -0.2) is 14.2 Å². The smallest absolute Gasteiger partial charge is 0.261 e. The van der Waals surface area contributed by atoms with E-state index < -0.39 is 0 Å². The first-order chi connectivity index (χ1) is 11.0. The zero-order valence-corrected chi connectivity index (χ0v) is 13.5. The Hall–Kier alpha value is -2.59. The molecule has 23 heavy (non-hydrogen) atoms. The third kappa shape index (κ3) is 2.14. The van der Waals surface area contributed by atoms with Gasteiger partial charge in [0.05, 0.1) is 16.6 Å². The summed E-state index contributed by atoms with van der Waals surface area (Å²) in [4.78, 5) is 12.5. The molecule has 2 aromatic heterocycles. The van der Waals surface area contributed by atoms with Crippen LogP contribution in [0.4, 0.5) is 0 Å². The summed E-state index contributed by atoms with van der Waals surface area (Å²) in [6.45, 7) is 2.01. The fourth-order valence-corrected chi connectivity index (χ4v) is 2.96. The number of aryl methyl sites for hydroxylation is 2. The molecule has 0 aliphatic heterocycles. The largest absolute Gasteiger partial charge is 0.296 e. The van der Waals surface area contributed by atoms with E-state index in [0.29, 0.717) is 10.4 Å². The van der Waals surface area contributed by atoms with Crippen LogP contribution < -0.4 is 5.56 Å². The molecule has 114 valence electrons. The van der Waals surface area contributed by atoms with Gasteiger partial charge in [0.25, 0.3) is 5.56 Å². The quantitative estimate of drug-likeness (QED) is 0.534. The Bertz CT molecular complexity index is 1110. The van der Waals surface area contributed by atoms with Gasteiger partial charge in [0.15, 0.2) is 0 Å². The Morgan fingerprint density at radius 3 is 2.52 bits per heavy atom. The molecule has 0 fully saturated rings. The summed E-state index contributed by atoms with van der Waals surface area (Å²) in [7, 11) is 1.77. The van der Waals surface area contributed by atoms with Crippen LogP contribution in [0.25, 0.3) is 27.8 Å². The van der Waals surface area contributed by atoms with Crippen LogP contribution in [0.15, 0.2) is 53.3 Å². The minimum atomic E-state index is -0.0185. The third-order valence-corrected chi connectivity index (χ3v) is 4.34.